The van der Waals surface area contributed by atoms with Crippen LogP contribution >= 0.6 is 0 Å². The van der Waals surface area contributed by atoms with Crippen molar-refractivity contribution < 1.29 is 20.0 Å². The molecular weight excluding hydrogens is 366 g/mol. The average molecular weight is 403 g/mol. The lowest BCUT2D eigenvalue weighted by Gasteiger charge is -2.32. The second-order valence-corrected chi connectivity index (χ2v) is 8.61. The molecule has 0 bridgehead atoms. The monoisotopic (exact) mass is 402 g/mol. The van der Waals surface area contributed by atoms with E-state index in [9.17, 15) is 14.7 Å². The largest absolute Gasteiger partial charge is 0.391 e. The van der Waals surface area contributed by atoms with Gasteiger partial charge in [-0.2, -0.15) is 0 Å². The zero-order chi connectivity index (χ0) is 20.8. The molecule has 1 aromatic carbocycles. The van der Waals surface area contributed by atoms with Gasteiger partial charge in [0.25, 0.3) is 5.91 Å². The SMILES string of the molecule is CC[C@H]([NH2+]C)C(=O)N[C@H]1CCC[C@H]2CC[C@@H](C(=O)NCc3ccccc3)[C@H]2[C@H]1O. The Hall–Kier alpha value is -1.92. The van der Waals surface area contributed by atoms with Gasteiger partial charge < -0.3 is 21.1 Å². The second kappa shape index (κ2) is 10.2. The van der Waals surface area contributed by atoms with Gasteiger partial charge in [0, 0.05) is 24.8 Å². The maximum Gasteiger partial charge on any atom is 0.278 e. The Morgan fingerprint density at radius 2 is 1.93 bits per heavy atom. The number of nitrogens with two attached hydrogens (primary N) is 1. The lowest BCUT2D eigenvalue weighted by atomic mass is 9.82. The number of fused-ring (bicyclic) bond motifs is 1. The van der Waals surface area contributed by atoms with E-state index in [0.717, 1.165) is 44.1 Å². The van der Waals surface area contributed by atoms with Gasteiger partial charge in [-0.3, -0.25) is 9.59 Å². The van der Waals surface area contributed by atoms with Crippen molar-refractivity contribution >= 4 is 11.8 Å². The number of rotatable bonds is 7. The summed E-state index contributed by atoms with van der Waals surface area (Å²) in [6.07, 6.45) is 4.65. The van der Waals surface area contributed by atoms with Gasteiger partial charge in [0.15, 0.2) is 6.04 Å². The molecule has 2 aliphatic carbocycles. The van der Waals surface area contributed by atoms with E-state index in [-0.39, 0.29) is 35.7 Å². The summed E-state index contributed by atoms with van der Waals surface area (Å²) in [7, 11) is 1.90. The summed E-state index contributed by atoms with van der Waals surface area (Å²) in [4.78, 5) is 25.5. The average Bonchev–Trinajstić information content (AvgIpc) is 3.10. The molecule has 1 aromatic rings. The quantitative estimate of drug-likeness (QED) is 0.547. The predicted octanol–water partition coefficient (Wildman–Crippen LogP) is 0.947. The fourth-order valence-corrected chi connectivity index (χ4v) is 5.24. The molecule has 6 atom stereocenters. The number of hydrogen-bond acceptors (Lipinski definition) is 3. The molecule has 3 rings (SSSR count). The van der Waals surface area contributed by atoms with Gasteiger partial charge in [0.1, 0.15) is 0 Å². The van der Waals surface area contributed by atoms with Gasteiger partial charge in [-0.1, -0.05) is 43.7 Å². The Bertz CT molecular complexity index is 677. The molecule has 6 heteroatoms. The third-order valence-electron chi connectivity index (χ3n) is 6.91. The molecule has 2 amide bonds. The first-order chi connectivity index (χ1) is 14.0. The van der Waals surface area contributed by atoms with Crippen LogP contribution in [0.4, 0.5) is 0 Å². The van der Waals surface area contributed by atoms with Crippen molar-refractivity contribution in [2.75, 3.05) is 7.05 Å². The van der Waals surface area contributed by atoms with E-state index >= 15 is 0 Å². The van der Waals surface area contributed by atoms with Crippen molar-refractivity contribution in [1.82, 2.24) is 10.6 Å². The maximum absolute atomic E-state index is 12.9. The van der Waals surface area contributed by atoms with Gasteiger partial charge in [0.05, 0.1) is 19.2 Å². The first-order valence-electron chi connectivity index (χ1n) is 11.1. The number of benzene rings is 1. The Morgan fingerprint density at radius 1 is 1.17 bits per heavy atom. The Kier molecular flexibility index (Phi) is 7.67. The van der Waals surface area contributed by atoms with Gasteiger partial charge in [-0.05, 0) is 37.2 Å². The molecule has 0 radical (unpaired) electrons. The number of carbonyl (C=O) groups is 2. The molecule has 6 nitrogen and oxygen atoms in total. The Labute approximate surface area is 173 Å². The summed E-state index contributed by atoms with van der Waals surface area (Å²) in [5.41, 5.74) is 1.07. The number of aliphatic hydroxyl groups is 1. The normalized spacial score (nSPS) is 30.1. The number of carbonyl (C=O) groups excluding carboxylic acids is 2. The third kappa shape index (κ3) is 5.17. The summed E-state index contributed by atoms with van der Waals surface area (Å²) < 4.78 is 0. The molecule has 160 valence electrons. The molecule has 0 saturated heterocycles. The molecule has 0 aromatic heterocycles. The van der Waals surface area contributed by atoms with Crippen molar-refractivity contribution in [1.29, 1.82) is 0 Å². The summed E-state index contributed by atoms with van der Waals surface area (Å²) in [5, 5.41) is 19.3. The van der Waals surface area contributed by atoms with Crippen LogP contribution in [0.2, 0.25) is 0 Å². The van der Waals surface area contributed by atoms with Crippen molar-refractivity contribution in [2.24, 2.45) is 17.8 Å². The Morgan fingerprint density at radius 3 is 2.62 bits per heavy atom. The Balaban J connectivity index is 1.65. The van der Waals surface area contributed by atoms with E-state index in [2.05, 4.69) is 10.6 Å². The molecular formula is C23H36N3O3+. The second-order valence-electron chi connectivity index (χ2n) is 8.61. The van der Waals surface area contributed by atoms with Crippen LogP contribution in [0.3, 0.4) is 0 Å². The van der Waals surface area contributed by atoms with Crippen LogP contribution in [0, 0.1) is 17.8 Å². The van der Waals surface area contributed by atoms with Crippen LogP contribution in [0.15, 0.2) is 30.3 Å². The summed E-state index contributed by atoms with van der Waals surface area (Å²) in [5.74, 6) is 0.112. The topological polar surface area (TPSA) is 95.0 Å². The van der Waals surface area contributed by atoms with Crippen molar-refractivity contribution in [2.45, 2.75) is 70.2 Å². The lowest BCUT2D eigenvalue weighted by Crippen LogP contribution is -2.89. The highest BCUT2D eigenvalue weighted by molar-refractivity contribution is 5.81. The van der Waals surface area contributed by atoms with E-state index in [4.69, 9.17) is 0 Å². The first kappa shape index (κ1) is 21.8. The van der Waals surface area contributed by atoms with Crippen LogP contribution in [-0.4, -0.2) is 42.2 Å². The highest BCUT2D eigenvalue weighted by Crippen LogP contribution is 2.45. The number of nitrogens with one attached hydrogen (secondary N) is 2. The van der Waals surface area contributed by atoms with Gasteiger partial charge in [-0.25, -0.2) is 0 Å². The van der Waals surface area contributed by atoms with Crippen LogP contribution < -0.4 is 16.0 Å². The maximum atomic E-state index is 12.9. The number of aliphatic hydroxyl groups excluding tert-OH is 1. The van der Waals surface area contributed by atoms with E-state index < -0.39 is 6.10 Å². The summed E-state index contributed by atoms with van der Waals surface area (Å²) >= 11 is 0. The zero-order valence-corrected chi connectivity index (χ0v) is 17.6. The predicted molar refractivity (Wildman–Crippen MR) is 112 cm³/mol. The van der Waals surface area contributed by atoms with E-state index in [0.29, 0.717) is 12.5 Å². The van der Waals surface area contributed by atoms with Crippen LogP contribution in [0.1, 0.15) is 51.0 Å². The minimum absolute atomic E-state index is 0.0134. The molecule has 2 aliphatic rings. The molecule has 0 aliphatic heterocycles. The molecule has 2 fully saturated rings. The van der Waals surface area contributed by atoms with Crippen molar-refractivity contribution in [3.8, 4) is 0 Å². The highest BCUT2D eigenvalue weighted by atomic mass is 16.3. The molecule has 0 heterocycles. The lowest BCUT2D eigenvalue weighted by molar-refractivity contribution is -0.650. The smallest absolute Gasteiger partial charge is 0.278 e. The van der Waals surface area contributed by atoms with E-state index in [1.165, 1.54) is 0 Å². The van der Waals surface area contributed by atoms with Crippen LogP contribution in [-0.2, 0) is 16.1 Å². The zero-order valence-electron chi connectivity index (χ0n) is 17.6. The summed E-state index contributed by atoms with van der Waals surface area (Å²) in [6.45, 7) is 2.50. The van der Waals surface area contributed by atoms with Gasteiger partial charge >= 0.3 is 0 Å². The van der Waals surface area contributed by atoms with E-state index in [1.54, 1.807) is 0 Å². The fraction of sp³-hybridized carbons (Fsp3) is 0.652. The van der Waals surface area contributed by atoms with Gasteiger partial charge in [0.2, 0.25) is 5.91 Å². The summed E-state index contributed by atoms with van der Waals surface area (Å²) in [6, 6.07) is 9.49. The molecule has 2 saturated carbocycles. The fourth-order valence-electron chi connectivity index (χ4n) is 5.24. The number of hydrogen-bond donors (Lipinski definition) is 4. The number of likely N-dealkylation sites (N-methyl/N-ethyl adjacent to an activating group) is 1. The third-order valence-corrected chi connectivity index (χ3v) is 6.91. The van der Waals surface area contributed by atoms with E-state index in [1.807, 2.05) is 49.6 Å². The number of amides is 2. The molecule has 29 heavy (non-hydrogen) atoms. The van der Waals surface area contributed by atoms with Gasteiger partial charge in [-0.15, -0.1) is 0 Å². The minimum Gasteiger partial charge on any atom is -0.391 e. The number of quaternary nitrogens is 1. The highest BCUT2D eigenvalue weighted by Gasteiger charge is 2.47. The van der Waals surface area contributed by atoms with Crippen LogP contribution in [0.25, 0.3) is 0 Å². The molecule has 0 unspecified atom stereocenters. The molecule has 0 spiro atoms. The van der Waals surface area contributed by atoms with Crippen molar-refractivity contribution in [3.05, 3.63) is 35.9 Å². The standard InChI is InChI=1S/C23H35N3O3/c1-3-18(24-2)23(29)26-19-11-7-10-16-12-13-17(20(16)21(19)27)22(28)25-14-15-8-5-4-6-9-15/h4-6,8-9,16-21,24,27H,3,7,10-14H2,1-2H3,(H,25,28)(H,26,29)/p+1/t16-,17+,18-,19-,20-,21-/m0/s1. The first-order valence-corrected chi connectivity index (χ1v) is 11.1. The minimum atomic E-state index is -0.671. The molecule has 5 N–H and O–H groups in total. The van der Waals surface area contributed by atoms with Crippen molar-refractivity contribution in [3.63, 3.8) is 0 Å². The van der Waals surface area contributed by atoms with Crippen LogP contribution in [0.5, 0.6) is 0 Å².